The Labute approximate surface area is 202 Å². The zero-order chi connectivity index (χ0) is 23.3. The van der Waals surface area contributed by atoms with Crippen LogP contribution in [0.25, 0.3) is 0 Å². The lowest BCUT2D eigenvalue weighted by Crippen LogP contribution is -2.28. The molecule has 3 aromatic rings. The van der Waals surface area contributed by atoms with Crippen LogP contribution in [0.4, 0.5) is 0 Å². The van der Waals surface area contributed by atoms with Gasteiger partial charge >= 0.3 is 0 Å². The average Bonchev–Trinajstić information content (AvgIpc) is 3.65. The molecule has 1 saturated heterocycles. The normalized spacial score (nSPS) is 19.9. The van der Waals surface area contributed by atoms with Crippen LogP contribution in [0.1, 0.15) is 36.4 Å². The maximum Gasteiger partial charge on any atom is 0.253 e. The van der Waals surface area contributed by atoms with E-state index in [1.165, 1.54) is 11.8 Å². The van der Waals surface area contributed by atoms with Gasteiger partial charge in [-0.1, -0.05) is 54.2 Å². The Morgan fingerprint density at radius 2 is 2.00 bits per heavy atom. The number of nitrogens with zero attached hydrogens (tertiary/aromatic N) is 6. The fourth-order valence-corrected chi connectivity index (χ4v) is 4.96. The molecule has 0 radical (unpaired) electrons. The highest BCUT2D eigenvalue weighted by molar-refractivity contribution is 7.99. The number of rotatable bonds is 8. The summed E-state index contributed by atoms with van der Waals surface area (Å²) in [5, 5.41) is 18.9. The SMILES string of the molecule is COc1ccc([C@H]2CC(c3ccccc3)=NN2C(=O)CSc2nnnn2C[C@H]2CCCO2)cc1. The van der Waals surface area contributed by atoms with Gasteiger partial charge in [0.1, 0.15) is 5.75 Å². The Morgan fingerprint density at radius 3 is 2.74 bits per heavy atom. The zero-order valence-corrected chi connectivity index (χ0v) is 19.7. The highest BCUT2D eigenvalue weighted by atomic mass is 32.2. The van der Waals surface area contributed by atoms with E-state index in [1.54, 1.807) is 16.8 Å². The molecule has 0 bridgehead atoms. The molecule has 3 heterocycles. The molecule has 2 aliphatic heterocycles. The summed E-state index contributed by atoms with van der Waals surface area (Å²) < 4.78 is 12.7. The number of ether oxygens (including phenoxy) is 2. The summed E-state index contributed by atoms with van der Waals surface area (Å²) in [6.45, 7) is 1.37. The second-order valence-corrected chi connectivity index (χ2v) is 9.15. The number of carbonyl (C=O) groups is 1. The van der Waals surface area contributed by atoms with Crippen molar-refractivity contribution in [2.45, 2.75) is 43.1 Å². The minimum Gasteiger partial charge on any atom is -0.497 e. The van der Waals surface area contributed by atoms with E-state index in [1.807, 2.05) is 54.6 Å². The van der Waals surface area contributed by atoms with Gasteiger partial charge in [0.15, 0.2) is 0 Å². The van der Waals surface area contributed by atoms with Crippen LogP contribution >= 0.6 is 11.8 Å². The third-order valence-corrected chi connectivity index (χ3v) is 6.94. The fourth-order valence-electron chi connectivity index (χ4n) is 4.22. The smallest absolute Gasteiger partial charge is 0.253 e. The van der Waals surface area contributed by atoms with E-state index in [4.69, 9.17) is 14.6 Å². The molecule has 5 rings (SSSR count). The first-order valence-corrected chi connectivity index (χ1v) is 12.3. The number of aromatic nitrogens is 4. The van der Waals surface area contributed by atoms with Crippen LogP contribution in [-0.4, -0.2) is 62.4 Å². The van der Waals surface area contributed by atoms with E-state index in [2.05, 4.69) is 15.5 Å². The van der Waals surface area contributed by atoms with Crippen molar-refractivity contribution in [3.63, 3.8) is 0 Å². The molecule has 0 unspecified atom stereocenters. The van der Waals surface area contributed by atoms with E-state index in [0.717, 1.165) is 42.0 Å². The molecule has 0 aliphatic carbocycles. The van der Waals surface area contributed by atoms with Gasteiger partial charge in [0.25, 0.3) is 5.91 Å². The molecule has 34 heavy (non-hydrogen) atoms. The summed E-state index contributed by atoms with van der Waals surface area (Å²) >= 11 is 1.32. The molecule has 0 N–H and O–H groups in total. The fraction of sp³-hybridized carbons (Fsp3) is 0.375. The van der Waals surface area contributed by atoms with Gasteiger partial charge in [0, 0.05) is 13.0 Å². The molecular formula is C24H26N6O3S. The number of carbonyl (C=O) groups excluding carboxylic acids is 1. The minimum atomic E-state index is -0.183. The Hall–Kier alpha value is -3.24. The number of hydrazone groups is 1. The van der Waals surface area contributed by atoms with Gasteiger partial charge in [-0.2, -0.15) is 5.10 Å². The largest absolute Gasteiger partial charge is 0.497 e. The van der Waals surface area contributed by atoms with Gasteiger partial charge in [0.05, 0.1) is 37.3 Å². The Kier molecular flexibility index (Phi) is 6.87. The number of thioether (sulfide) groups is 1. The molecule has 2 atom stereocenters. The van der Waals surface area contributed by atoms with Crippen molar-refractivity contribution in [3.05, 3.63) is 65.7 Å². The molecule has 2 aliphatic rings. The average molecular weight is 479 g/mol. The topological polar surface area (TPSA) is 94.7 Å². The first kappa shape index (κ1) is 22.5. The van der Waals surface area contributed by atoms with Crippen molar-refractivity contribution < 1.29 is 14.3 Å². The second-order valence-electron chi connectivity index (χ2n) is 8.21. The number of hydrogen-bond donors (Lipinski definition) is 0. The van der Waals surface area contributed by atoms with Crippen LogP contribution in [0.15, 0.2) is 64.9 Å². The van der Waals surface area contributed by atoms with Gasteiger partial charge in [-0.3, -0.25) is 4.79 Å². The third kappa shape index (κ3) is 4.97. The molecule has 176 valence electrons. The zero-order valence-electron chi connectivity index (χ0n) is 18.9. The van der Waals surface area contributed by atoms with Crippen molar-refractivity contribution in [3.8, 4) is 5.75 Å². The van der Waals surface area contributed by atoms with Crippen molar-refractivity contribution in [1.29, 1.82) is 0 Å². The molecule has 0 saturated carbocycles. The maximum atomic E-state index is 13.4. The van der Waals surface area contributed by atoms with Gasteiger partial charge < -0.3 is 9.47 Å². The van der Waals surface area contributed by atoms with Crippen LogP contribution in [0.5, 0.6) is 5.75 Å². The lowest BCUT2D eigenvalue weighted by atomic mass is 9.98. The summed E-state index contributed by atoms with van der Waals surface area (Å²) in [6, 6.07) is 17.6. The number of benzene rings is 2. The summed E-state index contributed by atoms with van der Waals surface area (Å²) in [5.74, 6) is 0.866. The lowest BCUT2D eigenvalue weighted by molar-refractivity contribution is -0.130. The van der Waals surface area contributed by atoms with Gasteiger partial charge in [-0.25, -0.2) is 9.69 Å². The Bertz CT molecular complexity index is 1150. The number of hydrogen-bond acceptors (Lipinski definition) is 8. The predicted octanol–water partition coefficient (Wildman–Crippen LogP) is 3.33. The summed E-state index contributed by atoms with van der Waals surface area (Å²) in [5.41, 5.74) is 2.92. The van der Waals surface area contributed by atoms with Crippen LogP contribution in [-0.2, 0) is 16.1 Å². The molecule has 0 spiro atoms. The van der Waals surface area contributed by atoms with Gasteiger partial charge in [-0.15, -0.1) is 5.10 Å². The summed E-state index contributed by atoms with van der Waals surface area (Å²) in [7, 11) is 1.64. The first-order chi connectivity index (χ1) is 16.7. The highest BCUT2D eigenvalue weighted by Gasteiger charge is 2.33. The third-order valence-electron chi connectivity index (χ3n) is 6.00. The van der Waals surface area contributed by atoms with Crippen LogP contribution in [0.2, 0.25) is 0 Å². The number of amides is 1. The first-order valence-electron chi connectivity index (χ1n) is 11.3. The molecular weight excluding hydrogens is 452 g/mol. The number of methoxy groups -OCH3 is 1. The Balaban J connectivity index is 1.32. The van der Waals surface area contributed by atoms with E-state index in [9.17, 15) is 4.79 Å². The molecule has 1 fully saturated rings. The molecule has 1 amide bonds. The van der Waals surface area contributed by atoms with Gasteiger partial charge in [0.2, 0.25) is 5.16 Å². The lowest BCUT2D eigenvalue weighted by Gasteiger charge is -2.22. The van der Waals surface area contributed by atoms with Crippen molar-refractivity contribution in [2.75, 3.05) is 19.5 Å². The monoisotopic (exact) mass is 478 g/mol. The minimum absolute atomic E-state index is 0.0941. The van der Waals surface area contributed by atoms with Crippen LogP contribution < -0.4 is 4.74 Å². The molecule has 2 aromatic carbocycles. The van der Waals surface area contributed by atoms with Crippen molar-refractivity contribution >= 4 is 23.4 Å². The number of tetrazole rings is 1. The predicted molar refractivity (Wildman–Crippen MR) is 128 cm³/mol. The summed E-state index contributed by atoms with van der Waals surface area (Å²) in [4.78, 5) is 13.4. The van der Waals surface area contributed by atoms with E-state index < -0.39 is 0 Å². The van der Waals surface area contributed by atoms with Crippen molar-refractivity contribution in [2.24, 2.45) is 5.10 Å². The standard InChI is InChI=1S/C24H26N6O3S/c1-32-19-11-9-18(10-12-19)22-14-21(17-6-3-2-4-7-17)26-30(22)23(31)16-34-24-25-27-28-29(24)15-20-8-5-13-33-20/h2-4,6-7,9-12,20,22H,5,8,13-16H2,1H3/t20-,22-/m1/s1. The van der Waals surface area contributed by atoms with Crippen LogP contribution in [0, 0.1) is 0 Å². The molecule has 1 aromatic heterocycles. The van der Waals surface area contributed by atoms with E-state index in [0.29, 0.717) is 18.1 Å². The maximum absolute atomic E-state index is 13.4. The van der Waals surface area contributed by atoms with Crippen molar-refractivity contribution in [1.82, 2.24) is 25.2 Å². The second kappa shape index (κ2) is 10.4. The molecule has 9 nitrogen and oxygen atoms in total. The quantitative estimate of drug-likeness (QED) is 0.458. The van der Waals surface area contributed by atoms with Crippen LogP contribution in [0.3, 0.4) is 0 Å². The summed E-state index contributed by atoms with van der Waals surface area (Å²) in [6.07, 6.45) is 2.81. The molecule has 10 heteroatoms. The van der Waals surface area contributed by atoms with Gasteiger partial charge in [-0.05, 0) is 46.5 Å². The highest BCUT2D eigenvalue weighted by Crippen LogP contribution is 2.34. The van der Waals surface area contributed by atoms with E-state index in [-0.39, 0.29) is 23.8 Å². The Morgan fingerprint density at radius 1 is 1.18 bits per heavy atom. The van der Waals surface area contributed by atoms with E-state index >= 15 is 0 Å².